The minimum atomic E-state index is 0.171. The standard InChI is InChI=1S/C14H23N/c1-10-7-11(2)13(12(3)8-10)9-14(4,5)15-6/h7-8,15H,9H2,1-6H3. The first kappa shape index (κ1) is 12.3. The van der Waals surface area contributed by atoms with Crippen LogP contribution >= 0.6 is 0 Å². The highest BCUT2D eigenvalue weighted by Gasteiger charge is 2.17. The number of aryl methyl sites for hydroxylation is 3. The Bertz CT molecular complexity index is 327. The Morgan fingerprint density at radius 2 is 1.53 bits per heavy atom. The van der Waals surface area contributed by atoms with Crippen molar-refractivity contribution >= 4 is 0 Å². The third kappa shape index (κ3) is 3.07. The van der Waals surface area contributed by atoms with Crippen LogP contribution in [-0.4, -0.2) is 12.6 Å². The van der Waals surface area contributed by atoms with Crippen LogP contribution in [0.4, 0.5) is 0 Å². The van der Waals surface area contributed by atoms with E-state index in [0.717, 1.165) is 6.42 Å². The molecule has 0 aromatic heterocycles. The molecule has 1 aromatic rings. The molecule has 0 aliphatic carbocycles. The van der Waals surface area contributed by atoms with Gasteiger partial charge in [0.1, 0.15) is 0 Å². The summed E-state index contributed by atoms with van der Waals surface area (Å²) in [4.78, 5) is 0. The zero-order valence-electron chi connectivity index (χ0n) is 10.9. The van der Waals surface area contributed by atoms with Crippen LogP contribution in [0, 0.1) is 20.8 Å². The van der Waals surface area contributed by atoms with Crippen molar-refractivity contribution < 1.29 is 0 Å². The maximum absolute atomic E-state index is 3.36. The highest BCUT2D eigenvalue weighted by molar-refractivity contribution is 5.38. The molecular weight excluding hydrogens is 182 g/mol. The Morgan fingerprint density at radius 1 is 1.07 bits per heavy atom. The van der Waals surface area contributed by atoms with Crippen molar-refractivity contribution in [3.63, 3.8) is 0 Å². The first-order valence-electron chi connectivity index (χ1n) is 5.61. The molecule has 0 unspecified atom stereocenters. The number of rotatable bonds is 3. The van der Waals surface area contributed by atoms with Crippen LogP contribution in [0.25, 0.3) is 0 Å². The molecule has 1 nitrogen and oxygen atoms in total. The second kappa shape index (κ2) is 4.36. The Balaban J connectivity index is 3.05. The van der Waals surface area contributed by atoms with Crippen LogP contribution in [0.15, 0.2) is 12.1 Å². The fourth-order valence-corrected chi connectivity index (χ4v) is 2.02. The highest BCUT2D eigenvalue weighted by atomic mass is 14.9. The van der Waals surface area contributed by atoms with Gasteiger partial charge in [-0.3, -0.25) is 0 Å². The third-order valence-corrected chi connectivity index (χ3v) is 3.14. The minimum absolute atomic E-state index is 0.171. The number of hydrogen-bond acceptors (Lipinski definition) is 1. The molecule has 15 heavy (non-hydrogen) atoms. The van der Waals surface area contributed by atoms with Gasteiger partial charge in [-0.05, 0) is 64.8 Å². The molecule has 0 aliphatic heterocycles. The van der Waals surface area contributed by atoms with E-state index in [4.69, 9.17) is 0 Å². The van der Waals surface area contributed by atoms with Crippen LogP contribution < -0.4 is 5.32 Å². The Hall–Kier alpha value is -0.820. The van der Waals surface area contributed by atoms with Gasteiger partial charge in [0.15, 0.2) is 0 Å². The van der Waals surface area contributed by atoms with E-state index in [2.05, 4.69) is 52.1 Å². The van der Waals surface area contributed by atoms with Crippen molar-refractivity contribution in [1.29, 1.82) is 0 Å². The molecule has 84 valence electrons. The second-order valence-corrected chi connectivity index (χ2v) is 5.19. The maximum atomic E-state index is 3.36. The zero-order chi connectivity index (χ0) is 11.6. The highest BCUT2D eigenvalue weighted by Crippen LogP contribution is 2.21. The summed E-state index contributed by atoms with van der Waals surface area (Å²) in [6, 6.07) is 4.54. The molecule has 1 aromatic carbocycles. The lowest BCUT2D eigenvalue weighted by Gasteiger charge is -2.26. The zero-order valence-corrected chi connectivity index (χ0v) is 10.9. The molecule has 0 fully saturated rings. The van der Waals surface area contributed by atoms with Gasteiger partial charge < -0.3 is 5.32 Å². The van der Waals surface area contributed by atoms with E-state index in [1.54, 1.807) is 0 Å². The van der Waals surface area contributed by atoms with Crippen LogP contribution in [0.3, 0.4) is 0 Å². The average molecular weight is 205 g/mol. The van der Waals surface area contributed by atoms with Crippen molar-refractivity contribution in [2.45, 2.75) is 46.6 Å². The summed E-state index contributed by atoms with van der Waals surface area (Å²) in [5.41, 5.74) is 5.84. The summed E-state index contributed by atoms with van der Waals surface area (Å²) in [6.45, 7) is 11.1. The molecule has 0 amide bonds. The van der Waals surface area contributed by atoms with Gasteiger partial charge in [-0.2, -0.15) is 0 Å². The lowest BCUT2D eigenvalue weighted by molar-refractivity contribution is 0.420. The lowest BCUT2D eigenvalue weighted by atomic mass is 9.89. The van der Waals surface area contributed by atoms with Gasteiger partial charge in [0.25, 0.3) is 0 Å². The Labute approximate surface area is 93.9 Å². The van der Waals surface area contributed by atoms with Gasteiger partial charge in [-0.25, -0.2) is 0 Å². The fourth-order valence-electron chi connectivity index (χ4n) is 2.02. The predicted octanol–water partition coefficient (Wildman–Crippen LogP) is 3.15. The van der Waals surface area contributed by atoms with Gasteiger partial charge in [-0.15, -0.1) is 0 Å². The van der Waals surface area contributed by atoms with Crippen LogP contribution in [-0.2, 0) is 6.42 Å². The van der Waals surface area contributed by atoms with Crippen molar-refractivity contribution in [2.75, 3.05) is 7.05 Å². The number of nitrogens with one attached hydrogen (secondary N) is 1. The van der Waals surface area contributed by atoms with Crippen molar-refractivity contribution in [3.8, 4) is 0 Å². The van der Waals surface area contributed by atoms with E-state index in [9.17, 15) is 0 Å². The molecule has 1 rings (SSSR count). The number of likely N-dealkylation sites (N-methyl/N-ethyl adjacent to an activating group) is 1. The molecular formula is C14H23N. The normalized spacial score (nSPS) is 11.9. The van der Waals surface area contributed by atoms with Gasteiger partial charge in [0.05, 0.1) is 0 Å². The first-order chi connectivity index (χ1) is 6.85. The topological polar surface area (TPSA) is 12.0 Å². The molecule has 0 radical (unpaired) electrons. The van der Waals surface area contributed by atoms with Gasteiger partial charge in [-0.1, -0.05) is 17.7 Å². The van der Waals surface area contributed by atoms with E-state index in [-0.39, 0.29) is 5.54 Å². The largest absolute Gasteiger partial charge is 0.314 e. The SMILES string of the molecule is CNC(C)(C)Cc1c(C)cc(C)cc1C. The van der Waals surface area contributed by atoms with E-state index >= 15 is 0 Å². The summed E-state index contributed by atoms with van der Waals surface area (Å²) < 4.78 is 0. The summed E-state index contributed by atoms with van der Waals surface area (Å²) in [6.07, 6.45) is 1.08. The van der Waals surface area contributed by atoms with E-state index in [1.165, 1.54) is 22.3 Å². The van der Waals surface area contributed by atoms with Gasteiger partial charge in [0, 0.05) is 5.54 Å². The molecule has 0 atom stereocenters. The first-order valence-corrected chi connectivity index (χ1v) is 5.61. The van der Waals surface area contributed by atoms with E-state index in [1.807, 2.05) is 7.05 Å². The summed E-state index contributed by atoms with van der Waals surface area (Å²) in [5, 5.41) is 3.36. The maximum Gasteiger partial charge on any atom is 0.0162 e. The molecule has 0 bridgehead atoms. The van der Waals surface area contributed by atoms with Crippen molar-refractivity contribution in [3.05, 3.63) is 34.4 Å². The van der Waals surface area contributed by atoms with Gasteiger partial charge in [0.2, 0.25) is 0 Å². The number of hydrogen-bond donors (Lipinski definition) is 1. The monoisotopic (exact) mass is 205 g/mol. The smallest absolute Gasteiger partial charge is 0.0162 e. The lowest BCUT2D eigenvalue weighted by Crippen LogP contribution is -2.38. The van der Waals surface area contributed by atoms with Crippen LogP contribution in [0.5, 0.6) is 0 Å². The molecule has 0 spiro atoms. The van der Waals surface area contributed by atoms with Crippen molar-refractivity contribution in [2.24, 2.45) is 0 Å². The quantitative estimate of drug-likeness (QED) is 0.799. The van der Waals surface area contributed by atoms with E-state index < -0.39 is 0 Å². The Morgan fingerprint density at radius 3 is 1.93 bits per heavy atom. The van der Waals surface area contributed by atoms with Crippen LogP contribution in [0.1, 0.15) is 36.1 Å². The summed E-state index contributed by atoms with van der Waals surface area (Å²) >= 11 is 0. The fraction of sp³-hybridized carbons (Fsp3) is 0.571. The summed E-state index contributed by atoms with van der Waals surface area (Å²) in [7, 11) is 2.03. The third-order valence-electron chi connectivity index (χ3n) is 3.14. The minimum Gasteiger partial charge on any atom is -0.314 e. The van der Waals surface area contributed by atoms with Crippen molar-refractivity contribution in [1.82, 2.24) is 5.32 Å². The summed E-state index contributed by atoms with van der Waals surface area (Å²) in [5.74, 6) is 0. The molecule has 0 saturated heterocycles. The second-order valence-electron chi connectivity index (χ2n) is 5.19. The molecule has 0 saturated carbocycles. The van der Waals surface area contributed by atoms with Gasteiger partial charge >= 0.3 is 0 Å². The number of benzene rings is 1. The molecule has 0 aliphatic rings. The average Bonchev–Trinajstić information content (AvgIpc) is 2.11. The molecule has 1 N–H and O–H groups in total. The predicted molar refractivity (Wildman–Crippen MR) is 67.5 cm³/mol. The van der Waals surface area contributed by atoms with Crippen LogP contribution in [0.2, 0.25) is 0 Å². The van der Waals surface area contributed by atoms with E-state index in [0.29, 0.717) is 0 Å². The molecule has 0 heterocycles. The Kier molecular flexibility index (Phi) is 3.56. The molecule has 1 heteroatoms.